The predicted octanol–water partition coefficient (Wildman–Crippen LogP) is 3.79. The maximum atomic E-state index is 12.5. The van der Waals surface area contributed by atoms with E-state index in [0.29, 0.717) is 16.4 Å². The van der Waals surface area contributed by atoms with Crippen molar-refractivity contribution >= 4 is 17.6 Å². The van der Waals surface area contributed by atoms with Crippen LogP contribution in [0.5, 0.6) is 0 Å². The van der Waals surface area contributed by atoms with E-state index in [1.54, 1.807) is 6.92 Å². The highest BCUT2D eigenvalue weighted by Gasteiger charge is 2.33. The van der Waals surface area contributed by atoms with Crippen LogP contribution in [-0.4, -0.2) is 25.5 Å². The summed E-state index contributed by atoms with van der Waals surface area (Å²) in [4.78, 5) is 11.9. The number of ether oxygens (including phenoxy) is 1. The van der Waals surface area contributed by atoms with E-state index in [1.165, 1.54) is 4.68 Å². The molecule has 0 radical (unpaired) electrons. The van der Waals surface area contributed by atoms with Crippen LogP contribution in [0.15, 0.2) is 42.6 Å². The summed E-state index contributed by atoms with van der Waals surface area (Å²) in [6.45, 7) is 1.13. The van der Waals surface area contributed by atoms with Crippen molar-refractivity contribution in [3.8, 4) is 5.69 Å². The van der Waals surface area contributed by atoms with Gasteiger partial charge in [0.05, 0.1) is 11.4 Å². The molecule has 3 aromatic rings. The highest BCUT2D eigenvalue weighted by Crippen LogP contribution is 2.27. The smallest absolute Gasteiger partial charge is 0.435 e. The monoisotopic (exact) mass is 398 g/mol. The van der Waals surface area contributed by atoms with Crippen LogP contribution < -0.4 is 0 Å². The number of halogens is 4. The highest BCUT2D eigenvalue weighted by atomic mass is 35.5. The van der Waals surface area contributed by atoms with E-state index < -0.39 is 24.4 Å². The van der Waals surface area contributed by atoms with Crippen LogP contribution in [0.25, 0.3) is 5.69 Å². The standard InChI is InChI=1S/C17H14ClF3N4O2/c1-11-13(16(18)25(22-11)12-5-3-2-4-6-12)10-27-15(26)9-24-8-7-14(23-24)17(19,20)21/h2-8H,9-10H2,1H3. The molecule has 1 aromatic carbocycles. The fraction of sp³-hybridized carbons (Fsp3) is 0.235. The summed E-state index contributed by atoms with van der Waals surface area (Å²) < 4.78 is 45.1. The molecular formula is C17H14ClF3N4O2. The molecule has 0 saturated heterocycles. The lowest BCUT2D eigenvalue weighted by molar-refractivity contribution is -0.147. The van der Waals surface area contributed by atoms with E-state index in [9.17, 15) is 18.0 Å². The van der Waals surface area contributed by atoms with Crippen molar-refractivity contribution in [1.29, 1.82) is 0 Å². The summed E-state index contributed by atoms with van der Waals surface area (Å²) in [5.74, 6) is -0.741. The van der Waals surface area contributed by atoms with Gasteiger partial charge in [-0.05, 0) is 25.1 Å². The van der Waals surface area contributed by atoms with E-state index in [0.717, 1.165) is 22.6 Å². The summed E-state index contributed by atoms with van der Waals surface area (Å²) in [6.07, 6.45) is -3.50. The number of alkyl halides is 3. The second-order valence-corrected chi connectivity index (χ2v) is 6.02. The predicted molar refractivity (Wildman–Crippen MR) is 90.3 cm³/mol. The fourth-order valence-corrected chi connectivity index (χ4v) is 2.69. The third-order valence-electron chi connectivity index (χ3n) is 3.72. The van der Waals surface area contributed by atoms with Crippen LogP contribution >= 0.6 is 11.6 Å². The number of hydrogen-bond donors (Lipinski definition) is 0. The maximum Gasteiger partial charge on any atom is 0.435 e. The number of esters is 1. The molecule has 3 rings (SSSR count). The molecule has 10 heteroatoms. The first-order valence-corrected chi connectivity index (χ1v) is 8.19. The minimum atomic E-state index is -4.56. The minimum Gasteiger partial charge on any atom is -0.459 e. The van der Waals surface area contributed by atoms with E-state index in [4.69, 9.17) is 16.3 Å². The normalized spacial score (nSPS) is 11.6. The topological polar surface area (TPSA) is 61.9 Å². The van der Waals surface area contributed by atoms with Gasteiger partial charge in [0.25, 0.3) is 0 Å². The molecule has 0 bridgehead atoms. The minimum absolute atomic E-state index is 0.149. The second-order valence-electron chi connectivity index (χ2n) is 5.66. The lowest BCUT2D eigenvalue weighted by Crippen LogP contribution is -2.15. The Balaban J connectivity index is 1.66. The van der Waals surface area contributed by atoms with Gasteiger partial charge in [0.2, 0.25) is 0 Å². The molecule has 0 unspecified atom stereocenters. The zero-order valence-electron chi connectivity index (χ0n) is 14.1. The Hall–Kier alpha value is -2.81. The van der Waals surface area contributed by atoms with Gasteiger partial charge in [0.1, 0.15) is 18.3 Å². The number of aryl methyl sites for hydroxylation is 1. The highest BCUT2D eigenvalue weighted by molar-refractivity contribution is 6.30. The first-order valence-electron chi connectivity index (χ1n) is 7.81. The van der Waals surface area contributed by atoms with E-state index in [2.05, 4.69) is 10.2 Å². The number of hydrogen-bond acceptors (Lipinski definition) is 4. The van der Waals surface area contributed by atoms with Crippen molar-refractivity contribution < 1.29 is 22.7 Å². The Bertz CT molecular complexity index is 951. The summed E-state index contributed by atoms with van der Waals surface area (Å²) in [7, 11) is 0. The van der Waals surface area contributed by atoms with Crippen LogP contribution in [0, 0.1) is 6.92 Å². The number of para-hydroxylation sites is 1. The summed E-state index contributed by atoms with van der Waals surface area (Å²) in [5.41, 5.74) is 0.776. The molecule has 2 aromatic heterocycles. The van der Waals surface area contributed by atoms with Gasteiger partial charge in [0, 0.05) is 11.8 Å². The molecule has 142 valence electrons. The Morgan fingerprint density at radius 3 is 2.52 bits per heavy atom. The van der Waals surface area contributed by atoms with Crippen LogP contribution in [0.1, 0.15) is 17.0 Å². The third kappa shape index (κ3) is 4.30. The van der Waals surface area contributed by atoms with Crippen molar-refractivity contribution in [3.63, 3.8) is 0 Å². The lowest BCUT2D eigenvalue weighted by atomic mass is 10.3. The molecule has 0 atom stereocenters. The first-order chi connectivity index (χ1) is 12.8. The van der Waals surface area contributed by atoms with E-state index >= 15 is 0 Å². The quantitative estimate of drug-likeness (QED) is 0.613. The maximum absolute atomic E-state index is 12.5. The van der Waals surface area contributed by atoms with Crippen LogP contribution in [0.2, 0.25) is 5.15 Å². The third-order valence-corrected chi connectivity index (χ3v) is 4.11. The Kier molecular flexibility index (Phi) is 5.22. The SMILES string of the molecule is Cc1nn(-c2ccccc2)c(Cl)c1COC(=O)Cn1ccc(C(F)(F)F)n1. The average Bonchev–Trinajstić information content (AvgIpc) is 3.19. The molecule has 0 aliphatic rings. The molecule has 2 heterocycles. The zero-order chi connectivity index (χ0) is 19.6. The van der Waals surface area contributed by atoms with Crippen molar-refractivity contribution in [2.75, 3.05) is 0 Å². The summed E-state index contributed by atoms with van der Waals surface area (Å²) >= 11 is 6.33. The molecule has 0 saturated carbocycles. The molecule has 0 N–H and O–H groups in total. The molecule has 0 spiro atoms. The number of carbonyl (C=O) groups is 1. The van der Waals surface area contributed by atoms with Gasteiger partial charge in [-0.15, -0.1) is 0 Å². The number of benzene rings is 1. The van der Waals surface area contributed by atoms with Crippen LogP contribution in [-0.2, 0) is 28.9 Å². The van der Waals surface area contributed by atoms with Gasteiger partial charge in [-0.25, -0.2) is 4.68 Å². The molecule has 0 aliphatic heterocycles. The van der Waals surface area contributed by atoms with Gasteiger partial charge < -0.3 is 4.74 Å². The van der Waals surface area contributed by atoms with Gasteiger partial charge >= 0.3 is 12.1 Å². The second kappa shape index (κ2) is 7.43. The molecule has 27 heavy (non-hydrogen) atoms. The molecule has 6 nitrogen and oxygen atoms in total. The number of nitrogens with zero attached hydrogens (tertiary/aromatic N) is 4. The van der Waals surface area contributed by atoms with Crippen molar-refractivity contribution in [3.05, 3.63) is 64.7 Å². The Morgan fingerprint density at radius 1 is 1.19 bits per heavy atom. The molecule has 0 aliphatic carbocycles. The van der Waals surface area contributed by atoms with Crippen LogP contribution in [0.3, 0.4) is 0 Å². The molecule has 0 amide bonds. The first kappa shape index (κ1) is 19.0. The van der Waals surface area contributed by atoms with Crippen LogP contribution in [0.4, 0.5) is 13.2 Å². The van der Waals surface area contributed by atoms with E-state index in [1.807, 2.05) is 30.3 Å². The number of carbonyl (C=O) groups excluding carboxylic acids is 1. The average molecular weight is 399 g/mol. The largest absolute Gasteiger partial charge is 0.459 e. The van der Waals surface area contributed by atoms with Gasteiger partial charge in [0.15, 0.2) is 5.69 Å². The summed E-state index contributed by atoms with van der Waals surface area (Å²) in [6, 6.07) is 9.96. The fourth-order valence-electron chi connectivity index (χ4n) is 2.37. The number of aromatic nitrogens is 4. The lowest BCUT2D eigenvalue weighted by Gasteiger charge is -2.06. The van der Waals surface area contributed by atoms with Crippen molar-refractivity contribution in [2.45, 2.75) is 26.3 Å². The number of rotatable bonds is 5. The van der Waals surface area contributed by atoms with Crippen molar-refractivity contribution in [2.24, 2.45) is 0 Å². The van der Waals surface area contributed by atoms with E-state index in [-0.39, 0.29) is 6.61 Å². The molecular weight excluding hydrogens is 385 g/mol. The zero-order valence-corrected chi connectivity index (χ0v) is 14.8. The Morgan fingerprint density at radius 2 is 1.89 bits per heavy atom. The summed E-state index contributed by atoms with van der Waals surface area (Å²) in [5, 5.41) is 7.92. The van der Waals surface area contributed by atoms with Crippen molar-refractivity contribution in [1.82, 2.24) is 19.6 Å². The Labute approximate surface area is 157 Å². The van der Waals surface area contributed by atoms with Gasteiger partial charge in [-0.3, -0.25) is 9.48 Å². The molecule has 0 fully saturated rings. The van der Waals surface area contributed by atoms with Gasteiger partial charge in [-0.2, -0.15) is 23.4 Å². The van der Waals surface area contributed by atoms with Gasteiger partial charge in [-0.1, -0.05) is 29.8 Å².